The number of amides is 2. The van der Waals surface area contributed by atoms with Crippen LogP contribution in [0.15, 0.2) is 10.6 Å². The fourth-order valence-electron chi connectivity index (χ4n) is 2.25. The summed E-state index contributed by atoms with van der Waals surface area (Å²) in [5.74, 6) is -0.0560. The second-order valence-electron chi connectivity index (χ2n) is 4.68. The number of nitrogens with one attached hydrogen (secondary N) is 1. The number of β-amino-alcohol motifs (C(OH)–C–C–N with tert-alkyl or cyclic N) is 1. The van der Waals surface area contributed by atoms with E-state index in [9.17, 15) is 14.7 Å². The van der Waals surface area contributed by atoms with Crippen molar-refractivity contribution in [2.24, 2.45) is 0 Å². The molecule has 0 bridgehead atoms. The van der Waals surface area contributed by atoms with Crippen molar-refractivity contribution in [2.75, 3.05) is 13.6 Å². The van der Waals surface area contributed by atoms with Crippen molar-refractivity contribution in [2.45, 2.75) is 31.9 Å². The number of aliphatic hydroxyl groups is 1. The van der Waals surface area contributed by atoms with E-state index in [1.54, 1.807) is 13.0 Å². The van der Waals surface area contributed by atoms with Gasteiger partial charge in [0, 0.05) is 26.1 Å². The molecule has 1 aliphatic rings. The van der Waals surface area contributed by atoms with Crippen molar-refractivity contribution in [3.8, 4) is 0 Å². The van der Waals surface area contributed by atoms with Gasteiger partial charge in [0.15, 0.2) is 0 Å². The molecule has 104 valence electrons. The second kappa shape index (κ2) is 5.40. The molecule has 1 aromatic rings. The molecule has 7 heteroatoms. The van der Waals surface area contributed by atoms with Gasteiger partial charge in [-0.05, 0) is 6.92 Å². The maximum absolute atomic E-state index is 12.1. The van der Waals surface area contributed by atoms with Gasteiger partial charge >= 0.3 is 0 Å². The lowest BCUT2D eigenvalue weighted by molar-refractivity contribution is -0.138. The number of carbonyl (C=O) groups is 2. The van der Waals surface area contributed by atoms with Gasteiger partial charge in [0.25, 0.3) is 0 Å². The zero-order valence-corrected chi connectivity index (χ0v) is 10.9. The van der Waals surface area contributed by atoms with Gasteiger partial charge in [-0.3, -0.25) is 9.59 Å². The van der Waals surface area contributed by atoms with Gasteiger partial charge in [0.2, 0.25) is 11.8 Å². The van der Waals surface area contributed by atoms with E-state index in [1.165, 1.54) is 11.9 Å². The van der Waals surface area contributed by atoms with Gasteiger partial charge in [0.1, 0.15) is 11.8 Å². The molecule has 0 aromatic carbocycles. The monoisotopic (exact) mass is 267 g/mol. The minimum atomic E-state index is -0.664. The van der Waals surface area contributed by atoms with Crippen LogP contribution in [0.2, 0.25) is 0 Å². The van der Waals surface area contributed by atoms with Crippen LogP contribution in [-0.4, -0.2) is 52.7 Å². The predicted molar refractivity (Wildman–Crippen MR) is 65.1 cm³/mol. The number of hydrogen-bond acceptors (Lipinski definition) is 5. The van der Waals surface area contributed by atoms with E-state index in [1.807, 2.05) is 0 Å². The molecule has 2 atom stereocenters. The van der Waals surface area contributed by atoms with Crippen molar-refractivity contribution in [3.05, 3.63) is 17.5 Å². The fourth-order valence-corrected chi connectivity index (χ4v) is 2.25. The summed E-state index contributed by atoms with van der Waals surface area (Å²) in [5, 5.41) is 15.8. The minimum absolute atomic E-state index is 0.0427. The molecule has 2 amide bonds. The lowest BCUT2D eigenvalue weighted by atomic mass is 10.2. The predicted octanol–water partition coefficient (Wildman–Crippen LogP) is -0.767. The Morgan fingerprint density at radius 2 is 2.37 bits per heavy atom. The lowest BCUT2D eigenvalue weighted by Crippen LogP contribution is -2.45. The summed E-state index contributed by atoms with van der Waals surface area (Å²) in [6, 6.07) is 1.07. The molecule has 1 aliphatic heterocycles. The number of aromatic nitrogens is 1. The summed E-state index contributed by atoms with van der Waals surface area (Å²) >= 11 is 0. The van der Waals surface area contributed by atoms with E-state index in [0.29, 0.717) is 11.5 Å². The Morgan fingerprint density at radius 1 is 1.63 bits per heavy atom. The first-order chi connectivity index (χ1) is 9.01. The van der Waals surface area contributed by atoms with Crippen molar-refractivity contribution < 1.29 is 19.2 Å². The normalized spacial score (nSPS) is 22.6. The number of aryl methyl sites for hydroxylation is 1. The number of aliphatic hydroxyl groups excluding tert-OH is 1. The molecular formula is C12H17N3O4. The van der Waals surface area contributed by atoms with Crippen LogP contribution >= 0.6 is 0 Å². The third kappa shape index (κ3) is 2.93. The number of carbonyl (C=O) groups excluding carboxylic acids is 2. The molecule has 19 heavy (non-hydrogen) atoms. The van der Waals surface area contributed by atoms with Crippen LogP contribution in [0, 0.1) is 6.92 Å². The average Bonchev–Trinajstić information content (AvgIpc) is 2.94. The Hall–Kier alpha value is -1.89. The fraction of sp³-hybridized carbons (Fsp3) is 0.583. The Labute approximate surface area is 110 Å². The maximum Gasteiger partial charge on any atom is 0.242 e. The van der Waals surface area contributed by atoms with Crippen LogP contribution in [0.25, 0.3) is 0 Å². The maximum atomic E-state index is 12.1. The summed E-state index contributed by atoms with van der Waals surface area (Å²) < 4.78 is 4.98. The highest BCUT2D eigenvalue weighted by Gasteiger charge is 2.38. The van der Waals surface area contributed by atoms with Gasteiger partial charge in [-0.1, -0.05) is 5.16 Å². The Kier molecular flexibility index (Phi) is 3.84. The molecule has 1 fully saturated rings. The highest BCUT2D eigenvalue weighted by atomic mass is 16.5. The Morgan fingerprint density at radius 3 is 2.95 bits per heavy atom. The van der Waals surface area contributed by atoms with E-state index in [2.05, 4.69) is 10.5 Å². The Balaban J connectivity index is 2.06. The van der Waals surface area contributed by atoms with Crippen LogP contribution in [0.5, 0.6) is 0 Å². The molecule has 7 nitrogen and oxygen atoms in total. The third-order valence-electron chi connectivity index (χ3n) is 3.15. The zero-order valence-electron chi connectivity index (χ0n) is 10.9. The first-order valence-corrected chi connectivity index (χ1v) is 6.12. The van der Waals surface area contributed by atoms with Gasteiger partial charge in [0.05, 0.1) is 18.2 Å². The molecule has 1 unspecified atom stereocenters. The van der Waals surface area contributed by atoms with E-state index in [-0.39, 0.29) is 31.2 Å². The van der Waals surface area contributed by atoms with Crippen molar-refractivity contribution >= 4 is 11.8 Å². The smallest absolute Gasteiger partial charge is 0.242 e. The minimum Gasteiger partial charge on any atom is -0.391 e. The zero-order chi connectivity index (χ0) is 14.0. The molecule has 0 radical (unpaired) electrons. The number of hydrogen-bond donors (Lipinski definition) is 2. The van der Waals surface area contributed by atoms with Crippen molar-refractivity contribution in [1.29, 1.82) is 0 Å². The first-order valence-electron chi connectivity index (χ1n) is 6.12. The van der Waals surface area contributed by atoms with Gasteiger partial charge in [-0.2, -0.15) is 0 Å². The molecule has 2 heterocycles. The topological polar surface area (TPSA) is 95.7 Å². The lowest BCUT2D eigenvalue weighted by Gasteiger charge is -2.22. The summed E-state index contributed by atoms with van der Waals surface area (Å²) in [6.45, 7) is 1.94. The van der Waals surface area contributed by atoms with Gasteiger partial charge < -0.3 is 19.8 Å². The number of nitrogens with zero attached hydrogens (tertiary/aromatic N) is 2. The van der Waals surface area contributed by atoms with Crippen LogP contribution in [0.1, 0.15) is 17.9 Å². The molecule has 1 aromatic heterocycles. The summed E-state index contributed by atoms with van der Waals surface area (Å²) in [5.41, 5.74) is 0.701. The standard InChI is InChI=1S/C12H17N3O4/c1-7-3-9(19-14-7)5-11(17)15-6-8(16)4-10(15)12(18)13-2/h3,8,10,16H,4-6H2,1-2H3,(H,13,18)/t8-,10?/m1/s1. The largest absolute Gasteiger partial charge is 0.391 e. The van der Waals surface area contributed by atoms with Crippen molar-refractivity contribution in [3.63, 3.8) is 0 Å². The SMILES string of the molecule is CNC(=O)C1C[C@@H](O)CN1C(=O)Cc1cc(C)no1. The number of rotatable bonds is 3. The van der Waals surface area contributed by atoms with Crippen LogP contribution in [0.3, 0.4) is 0 Å². The second-order valence-corrected chi connectivity index (χ2v) is 4.68. The third-order valence-corrected chi connectivity index (χ3v) is 3.15. The van der Waals surface area contributed by atoms with Gasteiger partial charge in [-0.15, -0.1) is 0 Å². The van der Waals surface area contributed by atoms with Crippen molar-refractivity contribution in [1.82, 2.24) is 15.4 Å². The molecule has 0 aliphatic carbocycles. The average molecular weight is 267 g/mol. The van der Waals surface area contributed by atoms with Crippen LogP contribution in [-0.2, 0) is 16.0 Å². The quantitative estimate of drug-likeness (QED) is 0.750. The van der Waals surface area contributed by atoms with Crippen LogP contribution < -0.4 is 5.32 Å². The molecule has 2 N–H and O–H groups in total. The number of likely N-dealkylation sites (tertiary alicyclic amines) is 1. The molecule has 0 spiro atoms. The number of likely N-dealkylation sites (N-methyl/N-ethyl adjacent to an activating group) is 1. The summed E-state index contributed by atoms with van der Waals surface area (Å²) in [7, 11) is 1.51. The van der Waals surface area contributed by atoms with Gasteiger partial charge in [-0.25, -0.2) is 0 Å². The van der Waals surface area contributed by atoms with E-state index in [4.69, 9.17) is 4.52 Å². The molecule has 1 saturated heterocycles. The van der Waals surface area contributed by atoms with Crippen LogP contribution in [0.4, 0.5) is 0 Å². The molecule has 2 rings (SSSR count). The summed E-state index contributed by atoms with van der Waals surface area (Å²) in [4.78, 5) is 25.2. The Bertz CT molecular complexity index is 485. The highest BCUT2D eigenvalue weighted by molar-refractivity contribution is 5.88. The molecular weight excluding hydrogens is 250 g/mol. The van der Waals surface area contributed by atoms with E-state index < -0.39 is 12.1 Å². The van der Waals surface area contributed by atoms with E-state index >= 15 is 0 Å². The highest BCUT2D eigenvalue weighted by Crippen LogP contribution is 2.19. The van der Waals surface area contributed by atoms with E-state index in [0.717, 1.165) is 0 Å². The summed E-state index contributed by atoms with van der Waals surface area (Å²) in [6.07, 6.45) is -0.357. The first kappa shape index (κ1) is 13.5. The molecule has 0 saturated carbocycles.